The lowest BCUT2D eigenvalue weighted by Gasteiger charge is -2.38. The van der Waals surface area contributed by atoms with Crippen molar-refractivity contribution in [1.82, 2.24) is 10.2 Å². The monoisotopic (exact) mass is 235 g/mol. The molecule has 0 aromatic heterocycles. The van der Waals surface area contributed by atoms with E-state index in [1.807, 2.05) is 4.90 Å². The SMILES string of the molecule is CC1(C2CCCC2)C(=N)NC(=O)N1CC1CC1. The molecular weight excluding hydrogens is 214 g/mol. The smallest absolute Gasteiger partial charge is 0.311 e. The molecule has 1 heterocycles. The molecular formula is C13H21N3O. The number of rotatable bonds is 3. The van der Waals surface area contributed by atoms with Crippen LogP contribution in [0.15, 0.2) is 0 Å². The first-order valence-electron chi connectivity index (χ1n) is 6.80. The van der Waals surface area contributed by atoms with Crippen molar-refractivity contribution in [3.8, 4) is 0 Å². The Bertz CT molecular complexity index is 358. The molecule has 3 fully saturated rings. The third-order valence-corrected chi connectivity index (χ3v) is 4.83. The Hall–Kier alpha value is -1.06. The van der Waals surface area contributed by atoms with Crippen molar-refractivity contribution in [3.63, 3.8) is 0 Å². The predicted octanol–water partition coefficient (Wildman–Crippen LogP) is 2.35. The van der Waals surface area contributed by atoms with Crippen molar-refractivity contribution < 1.29 is 4.79 Å². The van der Waals surface area contributed by atoms with E-state index in [9.17, 15) is 4.79 Å². The number of hydrogen-bond acceptors (Lipinski definition) is 2. The highest BCUT2D eigenvalue weighted by atomic mass is 16.2. The number of hydrogen-bond donors (Lipinski definition) is 2. The summed E-state index contributed by atoms with van der Waals surface area (Å²) in [6, 6.07) is -0.0451. The van der Waals surface area contributed by atoms with E-state index >= 15 is 0 Å². The first-order valence-corrected chi connectivity index (χ1v) is 6.80. The van der Waals surface area contributed by atoms with Crippen LogP contribution >= 0.6 is 0 Å². The van der Waals surface area contributed by atoms with Crippen LogP contribution in [0.5, 0.6) is 0 Å². The Morgan fingerprint density at radius 1 is 1.35 bits per heavy atom. The normalized spacial score (nSPS) is 34.5. The molecule has 3 aliphatic rings. The van der Waals surface area contributed by atoms with E-state index in [-0.39, 0.29) is 11.6 Å². The molecule has 3 rings (SSSR count). The van der Waals surface area contributed by atoms with E-state index in [4.69, 9.17) is 5.41 Å². The van der Waals surface area contributed by atoms with Gasteiger partial charge in [-0.3, -0.25) is 10.7 Å². The summed E-state index contributed by atoms with van der Waals surface area (Å²) in [5.74, 6) is 1.59. The van der Waals surface area contributed by atoms with Crippen LogP contribution < -0.4 is 5.32 Å². The Labute approximate surface area is 102 Å². The number of nitrogens with zero attached hydrogens (tertiary/aromatic N) is 1. The largest absolute Gasteiger partial charge is 0.323 e. The van der Waals surface area contributed by atoms with Crippen LogP contribution in [0.25, 0.3) is 0 Å². The average molecular weight is 235 g/mol. The van der Waals surface area contributed by atoms with Gasteiger partial charge in [-0.05, 0) is 44.4 Å². The highest BCUT2D eigenvalue weighted by Crippen LogP contribution is 2.42. The molecule has 1 saturated heterocycles. The standard InChI is InChI=1S/C13H21N3O/c1-13(10-4-2-3-5-10)11(14)15-12(17)16(13)8-9-6-7-9/h9-10H,2-8H2,1H3,(H2,14,15,17). The molecule has 94 valence electrons. The summed E-state index contributed by atoms with van der Waals surface area (Å²) in [4.78, 5) is 13.9. The maximum atomic E-state index is 12.0. The zero-order valence-electron chi connectivity index (χ0n) is 10.5. The third kappa shape index (κ3) is 1.65. The lowest BCUT2D eigenvalue weighted by molar-refractivity contribution is 0.141. The zero-order valence-corrected chi connectivity index (χ0v) is 10.5. The van der Waals surface area contributed by atoms with Gasteiger partial charge in [-0.1, -0.05) is 12.8 Å². The van der Waals surface area contributed by atoms with Crippen molar-refractivity contribution >= 4 is 11.9 Å². The second-order valence-electron chi connectivity index (χ2n) is 5.99. The summed E-state index contributed by atoms with van der Waals surface area (Å²) in [6.07, 6.45) is 7.32. The van der Waals surface area contributed by atoms with Gasteiger partial charge in [0, 0.05) is 6.54 Å². The fourth-order valence-corrected chi connectivity index (χ4v) is 3.39. The quantitative estimate of drug-likeness (QED) is 0.775. The van der Waals surface area contributed by atoms with Crippen molar-refractivity contribution in [3.05, 3.63) is 0 Å². The zero-order chi connectivity index (χ0) is 12.0. The van der Waals surface area contributed by atoms with E-state index < -0.39 is 0 Å². The van der Waals surface area contributed by atoms with Gasteiger partial charge in [0.2, 0.25) is 0 Å². The van der Waals surface area contributed by atoms with Crippen molar-refractivity contribution in [2.24, 2.45) is 11.8 Å². The van der Waals surface area contributed by atoms with Gasteiger partial charge in [-0.25, -0.2) is 4.79 Å². The molecule has 0 radical (unpaired) electrons. The summed E-state index contributed by atoms with van der Waals surface area (Å²) in [5.41, 5.74) is -0.351. The summed E-state index contributed by atoms with van der Waals surface area (Å²) < 4.78 is 0. The van der Waals surface area contributed by atoms with Crippen molar-refractivity contribution in [1.29, 1.82) is 5.41 Å². The topological polar surface area (TPSA) is 56.2 Å². The van der Waals surface area contributed by atoms with Crippen LogP contribution in [0.4, 0.5) is 4.79 Å². The van der Waals surface area contributed by atoms with Gasteiger partial charge in [0.25, 0.3) is 0 Å². The van der Waals surface area contributed by atoms with Crippen molar-refractivity contribution in [2.45, 2.75) is 51.0 Å². The van der Waals surface area contributed by atoms with E-state index in [1.165, 1.54) is 25.7 Å². The number of amides is 2. The van der Waals surface area contributed by atoms with Crippen LogP contribution in [0.1, 0.15) is 45.4 Å². The minimum Gasteiger partial charge on any atom is -0.311 e. The predicted molar refractivity (Wildman–Crippen MR) is 66.1 cm³/mol. The van der Waals surface area contributed by atoms with E-state index in [2.05, 4.69) is 12.2 Å². The van der Waals surface area contributed by atoms with Crippen LogP contribution in [0.2, 0.25) is 0 Å². The second kappa shape index (κ2) is 3.72. The molecule has 4 heteroatoms. The third-order valence-electron chi connectivity index (χ3n) is 4.83. The van der Waals surface area contributed by atoms with Crippen LogP contribution in [0, 0.1) is 17.2 Å². The highest BCUT2D eigenvalue weighted by molar-refractivity contribution is 6.08. The molecule has 17 heavy (non-hydrogen) atoms. The Balaban J connectivity index is 1.86. The maximum absolute atomic E-state index is 12.0. The molecule has 0 bridgehead atoms. The first-order chi connectivity index (χ1) is 8.12. The summed E-state index contributed by atoms with van der Waals surface area (Å²) in [5, 5.41) is 10.9. The van der Waals surface area contributed by atoms with Crippen LogP contribution in [-0.2, 0) is 0 Å². The Morgan fingerprint density at radius 2 is 2.00 bits per heavy atom. The summed E-state index contributed by atoms with van der Waals surface area (Å²) >= 11 is 0. The van der Waals surface area contributed by atoms with E-state index in [0.29, 0.717) is 17.7 Å². The van der Waals surface area contributed by atoms with Gasteiger partial charge in [0.15, 0.2) is 0 Å². The lowest BCUT2D eigenvalue weighted by Crippen LogP contribution is -2.52. The molecule has 0 spiro atoms. The van der Waals surface area contributed by atoms with Gasteiger partial charge in [-0.2, -0.15) is 0 Å². The molecule has 2 saturated carbocycles. The van der Waals surface area contributed by atoms with Gasteiger partial charge in [0.1, 0.15) is 11.4 Å². The number of nitrogens with one attached hydrogen (secondary N) is 2. The van der Waals surface area contributed by atoms with E-state index in [1.54, 1.807) is 0 Å². The fourth-order valence-electron chi connectivity index (χ4n) is 3.39. The minimum atomic E-state index is -0.351. The summed E-state index contributed by atoms with van der Waals surface area (Å²) in [6.45, 7) is 2.94. The molecule has 2 N–H and O–H groups in total. The molecule has 1 unspecified atom stereocenters. The number of carbonyl (C=O) groups is 1. The van der Waals surface area contributed by atoms with Gasteiger partial charge < -0.3 is 4.90 Å². The number of carbonyl (C=O) groups excluding carboxylic acids is 1. The van der Waals surface area contributed by atoms with Crippen LogP contribution in [-0.4, -0.2) is 28.9 Å². The van der Waals surface area contributed by atoms with Gasteiger partial charge in [-0.15, -0.1) is 0 Å². The fraction of sp³-hybridized carbons (Fsp3) is 0.846. The molecule has 2 aliphatic carbocycles. The molecule has 1 aliphatic heterocycles. The number of amidine groups is 1. The average Bonchev–Trinajstić information content (AvgIpc) is 2.88. The highest BCUT2D eigenvalue weighted by Gasteiger charge is 2.52. The lowest BCUT2D eigenvalue weighted by atomic mass is 9.82. The summed E-state index contributed by atoms with van der Waals surface area (Å²) in [7, 11) is 0. The van der Waals surface area contributed by atoms with Crippen molar-refractivity contribution in [2.75, 3.05) is 6.54 Å². The minimum absolute atomic E-state index is 0.0451. The molecule has 4 nitrogen and oxygen atoms in total. The molecule has 1 atom stereocenters. The molecule has 0 aromatic carbocycles. The van der Waals surface area contributed by atoms with Crippen LogP contribution in [0.3, 0.4) is 0 Å². The first kappa shape index (κ1) is 11.1. The Kier molecular flexibility index (Phi) is 2.42. The molecule has 0 aromatic rings. The van der Waals surface area contributed by atoms with Gasteiger partial charge in [0.05, 0.1) is 0 Å². The Morgan fingerprint density at radius 3 is 2.59 bits per heavy atom. The van der Waals surface area contributed by atoms with Gasteiger partial charge >= 0.3 is 6.03 Å². The maximum Gasteiger partial charge on any atom is 0.323 e. The van der Waals surface area contributed by atoms with E-state index in [0.717, 1.165) is 19.4 Å². The molecule has 2 amide bonds. The number of urea groups is 1. The second-order valence-corrected chi connectivity index (χ2v) is 5.99.